The monoisotopic (exact) mass is 573 g/mol. The molecule has 1 aliphatic carbocycles. The predicted octanol–water partition coefficient (Wildman–Crippen LogP) is 6.49. The van der Waals surface area contributed by atoms with Crippen LogP contribution in [0.25, 0.3) is 0 Å². The molecule has 0 amide bonds. The summed E-state index contributed by atoms with van der Waals surface area (Å²) in [5.74, 6) is -0.833. The number of carbonyl (C=O) groups is 1. The molecule has 0 spiro atoms. The van der Waals surface area contributed by atoms with Crippen molar-refractivity contribution in [2.45, 2.75) is 38.3 Å². The number of rotatable bonds is 2. The van der Waals surface area contributed by atoms with Gasteiger partial charge in [-0.2, -0.15) is 18.4 Å². The number of carbonyl (C=O) groups excluding carboxylic acids is 1. The van der Waals surface area contributed by atoms with Crippen molar-refractivity contribution in [3.05, 3.63) is 72.2 Å². The molecule has 1 aromatic carbocycles. The third kappa shape index (κ3) is 5.03. The number of alkyl halides is 3. The molecule has 11 heteroatoms. The SMILES string of the molecule is CCO.N#CC1=C(N)N(c2cc(C(F)(F)F)ccc2Cl)C2=C(C(=O)CCC2)C1c1ccc(Br)s1. The van der Waals surface area contributed by atoms with Crippen molar-refractivity contribution in [2.75, 3.05) is 11.5 Å². The zero-order chi connectivity index (χ0) is 25.2. The molecule has 0 fully saturated rings. The molecule has 0 saturated carbocycles. The van der Waals surface area contributed by atoms with Crippen molar-refractivity contribution in [1.29, 1.82) is 5.26 Å². The lowest BCUT2D eigenvalue weighted by molar-refractivity contribution is -0.137. The van der Waals surface area contributed by atoms with Crippen LogP contribution in [0.1, 0.15) is 42.5 Å². The first kappa shape index (κ1) is 26.3. The summed E-state index contributed by atoms with van der Waals surface area (Å²) in [5, 5.41) is 17.5. The molecule has 2 aliphatic rings. The number of anilines is 1. The molecule has 180 valence electrons. The molecule has 5 nitrogen and oxygen atoms in total. The first-order valence-electron chi connectivity index (χ1n) is 10.2. The second kappa shape index (κ2) is 10.5. The molecule has 0 radical (unpaired) electrons. The van der Waals surface area contributed by atoms with Crippen LogP contribution in [-0.2, 0) is 11.0 Å². The van der Waals surface area contributed by atoms with Crippen molar-refractivity contribution in [3.8, 4) is 6.07 Å². The van der Waals surface area contributed by atoms with E-state index in [1.807, 2.05) is 12.1 Å². The molecule has 2 aromatic rings. The Morgan fingerprint density at radius 3 is 2.56 bits per heavy atom. The van der Waals surface area contributed by atoms with E-state index < -0.39 is 17.7 Å². The highest BCUT2D eigenvalue weighted by Crippen LogP contribution is 2.49. The summed E-state index contributed by atoms with van der Waals surface area (Å²) >= 11 is 11.1. The van der Waals surface area contributed by atoms with Crippen LogP contribution in [0.15, 0.2) is 56.8 Å². The van der Waals surface area contributed by atoms with Crippen molar-refractivity contribution in [3.63, 3.8) is 0 Å². The van der Waals surface area contributed by atoms with Gasteiger partial charge < -0.3 is 10.8 Å². The average molecular weight is 575 g/mol. The van der Waals surface area contributed by atoms with Gasteiger partial charge in [0.15, 0.2) is 5.78 Å². The van der Waals surface area contributed by atoms with E-state index in [2.05, 4.69) is 22.0 Å². The Bertz CT molecular complexity index is 1220. The fourth-order valence-corrected chi connectivity index (χ4v) is 5.74. The number of halogens is 5. The van der Waals surface area contributed by atoms with Gasteiger partial charge in [-0.3, -0.25) is 9.69 Å². The first-order valence-corrected chi connectivity index (χ1v) is 12.2. The number of nitrogens with two attached hydrogens (primary N) is 1. The molecule has 2 heterocycles. The van der Waals surface area contributed by atoms with Crippen LogP contribution in [0, 0.1) is 11.3 Å². The number of benzene rings is 1. The van der Waals surface area contributed by atoms with Crippen LogP contribution in [0.4, 0.5) is 18.9 Å². The molecule has 3 N–H and O–H groups in total. The summed E-state index contributed by atoms with van der Waals surface area (Å²) in [5.41, 5.74) is 6.46. The molecule has 0 bridgehead atoms. The van der Waals surface area contributed by atoms with Crippen molar-refractivity contribution in [1.82, 2.24) is 0 Å². The number of thiophene rings is 1. The summed E-state index contributed by atoms with van der Waals surface area (Å²) in [4.78, 5) is 15.1. The lowest BCUT2D eigenvalue weighted by Crippen LogP contribution is -2.38. The number of aliphatic hydroxyl groups is 1. The second-order valence-electron chi connectivity index (χ2n) is 7.44. The van der Waals surface area contributed by atoms with E-state index in [0.29, 0.717) is 30.5 Å². The smallest absolute Gasteiger partial charge is 0.397 e. The Kier molecular flexibility index (Phi) is 8.14. The van der Waals surface area contributed by atoms with Gasteiger partial charge in [0.05, 0.1) is 37.6 Å². The topological polar surface area (TPSA) is 90.3 Å². The van der Waals surface area contributed by atoms with Crippen molar-refractivity contribution < 1.29 is 23.1 Å². The minimum Gasteiger partial charge on any atom is -0.397 e. The Hall–Kier alpha value is -2.32. The molecule has 1 aromatic heterocycles. The zero-order valence-electron chi connectivity index (χ0n) is 17.9. The molecular formula is C23H20BrClF3N3O2S. The average Bonchev–Trinajstić information content (AvgIpc) is 3.19. The molecule has 4 rings (SSSR count). The van der Waals surface area contributed by atoms with Gasteiger partial charge in [0.25, 0.3) is 0 Å². The van der Waals surface area contributed by atoms with Crippen molar-refractivity contribution >= 4 is 50.3 Å². The van der Waals surface area contributed by atoms with E-state index in [1.54, 1.807) is 6.92 Å². The van der Waals surface area contributed by atoms with Gasteiger partial charge in [0.2, 0.25) is 0 Å². The maximum Gasteiger partial charge on any atom is 0.416 e. The highest BCUT2D eigenvalue weighted by Gasteiger charge is 2.42. The fourth-order valence-electron chi connectivity index (χ4n) is 3.99. The minimum atomic E-state index is -4.59. The fraction of sp³-hybridized carbons (Fsp3) is 0.304. The quantitative estimate of drug-likeness (QED) is 0.428. The highest BCUT2D eigenvalue weighted by molar-refractivity contribution is 9.11. The van der Waals surface area contributed by atoms with E-state index in [-0.39, 0.29) is 34.5 Å². The Morgan fingerprint density at radius 2 is 2.00 bits per heavy atom. The van der Waals surface area contributed by atoms with Gasteiger partial charge in [-0.1, -0.05) is 11.6 Å². The normalized spacial score (nSPS) is 18.4. The van der Waals surface area contributed by atoms with Crippen molar-refractivity contribution in [2.24, 2.45) is 5.73 Å². The van der Waals surface area contributed by atoms with Crippen LogP contribution < -0.4 is 10.6 Å². The Balaban J connectivity index is 0.00000103. The summed E-state index contributed by atoms with van der Waals surface area (Å²) in [6.07, 6.45) is -3.33. The van der Waals surface area contributed by atoms with Crippen LogP contribution in [-0.4, -0.2) is 17.5 Å². The van der Waals surface area contributed by atoms with E-state index in [0.717, 1.165) is 26.9 Å². The zero-order valence-corrected chi connectivity index (χ0v) is 21.1. The van der Waals surface area contributed by atoms with E-state index in [4.69, 9.17) is 22.4 Å². The molecular weight excluding hydrogens is 555 g/mol. The molecule has 34 heavy (non-hydrogen) atoms. The number of aliphatic hydroxyl groups excluding tert-OH is 1. The van der Waals surface area contributed by atoms with Crippen LogP contribution >= 0.6 is 38.9 Å². The summed E-state index contributed by atoms with van der Waals surface area (Å²) in [6.45, 7) is 1.93. The summed E-state index contributed by atoms with van der Waals surface area (Å²) < 4.78 is 40.9. The number of Topliss-reactive ketones (excluding diaryl/α,β-unsaturated/α-hetero) is 1. The number of hydrogen-bond donors (Lipinski definition) is 2. The largest absolute Gasteiger partial charge is 0.416 e. The minimum absolute atomic E-state index is 0.00486. The van der Waals surface area contributed by atoms with Gasteiger partial charge >= 0.3 is 6.18 Å². The maximum absolute atomic E-state index is 13.4. The molecule has 1 unspecified atom stereocenters. The number of nitriles is 1. The molecule has 1 atom stereocenters. The Morgan fingerprint density at radius 1 is 1.32 bits per heavy atom. The number of hydrogen-bond acceptors (Lipinski definition) is 6. The van der Waals surface area contributed by atoms with Gasteiger partial charge in [0, 0.05) is 29.2 Å². The maximum atomic E-state index is 13.4. The second-order valence-corrected chi connectivity index (χ2v) is 10.3. The lowest BCUT2D eigenvalue weighted by Gasteiger charge is -2.39. The van der Waals surface area contributed by atoms with Gasteiger partial charge in [-0.15, -0.1) is 11.3 Å². The summed E-state index contributed by atoms with van der Waals surface area (Å²) in [7, 11) is 0. The highest BCUT2D eigenvalue weighted by atomic mass is 79.9. The van der Waals surface area contributed by atoms with Gasteiger partial charge in [0.1, 0.15) is 5.82 Å². The van der Waals surface area contributed by atoms with E-state index in [1.165, 1.54) is 16.2 Å². The van der Waals surface area contributed by atoms with Crippen LogP contribution in [0.2, 0.25) is 5.02 Å². The van der Waals surface area contributed by atoms with E-state index in [9.17, 15) is 23.2 Å². The third-order valence-electron chi connectivity index (χ3n) is 5.31. The Labute approximate surface area is 212 Å². The molecule has 0 saturated heterocycles. The number of nitrogens with zero attached hydrogens (tertiary/aromatic N) is 2. The standard InChI is InChI=1S/C21H14BrClF3N3OS.C2H6O/c22-17-7-6-16(31-17)18-11(9-27)20(28)29(13-2-1-3-15(30)19(13)18)14-8-10(21(24,25)26)4-5-12(14)23;1-2-3/h4-8,18H,1-3,28H2;3H,2H2,1H3. The van der Waals surface area contributed by atoms with Gasteiger partial charge in [-0.25, -0.2) is 0 Å². The van der Waals surface area contributed by atoms with Gasteiger partial charge in [-0.05, 0) is 66.0 Å². The molecule has 1 aliphatic heterocycles. The van der Waals surface area contributed by atoms with E-state index >= 15 is 0 Å². The number of allylic oxidation sites excluding steroid dienone is 3. The first-order chi connectivity index (χ1) is 16.0. The lowest BCUT2D eigenvalue weighted by atomic mass is 9.78. The predicted molar refractivity (Wildman–Crippen MR) is 129 cm³/mol. The summed E-state index contributed by atoms with van der Waals surface area (Å²) in [6, 6.07) is 8.63. The van der Waals surface area contributed by atoms with Crippen LogP contribution in [0.3, 0.4) is 0 Å². The van der Waals surface area contributed by atoms with Crippen LogP contribution in [0.5, 0.6) is 0 Å². The number of ketones is 1. The third-order valence-corrected chi connectivity index (χ3v) is 7.31.